The van der Waals surface area contributed by atoms with Crippen molar-refractivity contribution in [1.29, 1.82) is 0 Å². The highest BCUT2D eigenvalue weighted by Gasteiger charge is 2.24. The van der Waals surface area contributed by atoms with Crippen molar-refractivity contribution in [3.05, 3.63) is 70.2 Å². The predicted molar refractivity (Wildman–Crippen MR) is 82.9 cm³/mol. The smallest absolute Gasteiger partial charge is 0.345 e. The SMILES string of the molecule is Cc1cc(Cl)cc(C(=O)OC(=O)C(CO)c2ccccc2)c1. The molecule has 0 saturated heterocycles. The van der Waals surface area contributed by atoms with Gasteiger partial charge < -0.3 is 9.84 Å². The Morgan fingerprint density at radius 2 is 1.86 bits per heavy atom. The van der Waals surface area contributed by atoms with Crippen LogP contribution in [0.15, 0.2) is 48.5 Å². The fourth-order valence-electron chi connectivity index (χ4n) is 2.08. The third-order valence-electron chi connectivity index (χ3n) is 3.14. The van der Waals surface area contributed by atoms with Gasteiger partial charge in [-0.25, -0.2) is 4.79 Å². The second kappa shape index (κ2) is 7.20. The number of ether oxygens (including phenoxy) is 1. The molecule has 2 aromatic rings. The van der Waals surface area contributed by atoms with Crippen LogP contribution in [0.3, 0.4) is 0 Å². The van der Waals surface area contributed by atoms with Crippen LogP contribution < -0.4 is 0 Å². The fraction of sp³-hybridized carbons (Fsp3) is 0.176. The molecule has 0 aliphatic rings. The molecule has 0 bridgehead atoms. The molecule has 22 heavy (non-hydrogen) atoms. The molecule has 114 valence electrons. The minimum absolute atomic E-state index is 0.197. The van der Waals surface area contributed by atoms with E-state index >= 15 is 0 Å². The molecule has 2 aromatic carbocycles. The molecule has 1 N–H and O–H groups in total. The summed E-state index contributed by atoms with van der Waals surface area (Å²) in [5.41, 5.74) is 1.57. The minimum atomic E-state index is -0.898. The van der Waals surface area contributed by atoms with Crippen molar-refractivity contribution in [2.24, 2.45) is 0 Å². The zero-order valence-electron chi connectivity index (χ0n) is 12.0. The highest BCUT2D eigenvalue weighted by molar-refractivity contribution is 6.31. The molecule has 0 radical (unpaired) electrons. The van der Waals surface area contributed by atoms with E-state index in [1.54, 1.807) is 49.4 Å². The number of hydrogen-bond donors (Lipinski definition) is 1. The lowest BCUT2D eigenvalue weighted by Crippen LogP contribution is -2.22. The maximum atomic E-state index is 12.1. The van der Waals surface area contributed by atoms with Gasteiger partial charge in [0.05, 0.1) is 12.2 Å². The van der Waals surface area contributed by atoms with Gasteiger partial charge in [0.2, 0.25) is 0 Å². The lowest BCUT2D eigenvalue weighted by atomic mass is 10.0. The number of carbonyl (C=O) groups is 2. The van der Waals surface area contributed by atoms with Gasteiger partial charge >= 0.3 is 11.9 Å². The summed E-state index contributed by atoms with van der Waals surface area (Å²) in [5.74, 6) is -2.48. The Balaban J connectivity index is 2.15. The van der Waals surface area contributed by atoms with Gasteiger partial charge in [0.25, 0.3) is 0 Å². The van der Waals surface area contributed by atoms with Crippen LogP contribution in [0, 0.1) is 6.92 Å². The monoisotopic (exact) mass is 318 g/mol. The van der Waals surface area contributed by atoms with Gasteiger partial charge in [-0.3, -0.25) is 4.79 Å². The van der Waals surface area contributed by atoms with Crippen LogP contribution in [0.4, 0.5) is 0 Å². The fourth-order valence-corrected chi connectivity index (χ4v) is 2.37. The molecular weight excluding hydrogens is 304 g/mol. The number of aliphatic hydroxyl groups excluding tert-OH is 1. The van der Waals surface area contributed by atoms with E-state index in [1.165, 1.54) is 6.07 Å². The maximum absolute atomic E-state index is 12.1. The number of aliphatic hydroxyl groups is 1. The summed E-state index contributed by atoms with van der Waals surface area (Å²) in [6, 6.07) is 13.4. The summed E-state index contributed by atoms with van der Waals surface area (Å²) in [6.45, 7) is 1.34. The van der Waals surface area contributed by atoms with Crippen LogP contribution >= 0.6 is 11.6 Å². The van der Waals surface area contributed by atoms with Gasteiger partial charge in [-0.1, -0.05) is 41.9 Å². The Labute approximate surface area is 133 Å². The van der Waals surface area contributed by atoms with Crippen LogP contribution in [0.25, 0.3) is 0 Å². The normalized spacial score (nSPS) is 11.8. The molecule has 0 aliphatic carbocycles. The summed E-state index contributed by atoms with van der Waals surface area (Å²) in [4.78, 5) is 24.1. The Bertz CT molecular complexity index is 662. The molecule has 1 atom stereocenters. The van der Waals surface area contributed by atoms with Gasteiger partial charge in [-0.05, 0) is 36.2 Å². The summed E-state index contributed by atoms with van der Waals surface area (Å²) in [7, 11) is 0. The summed E-state index contributed by atoms with van der Waals surface area (Å²) in [5, 5.41) is 9.78. The van der Waals surface area contributed by atoms with E-state index in [4.69, 9.17) is 16.3 Å². The van der Waals surface area contributed by atoms with E-state index in [-0.39, 0.29) is 5.56 Å². The van der Waals surface area contributed by atoms with Crippen molar-refractivity contribution in [3.8, 4) is 0 Å². The molecule has 5 heteroatoms. The van der Waals surface area contributed by atoms with E-state index in [0.29, 0.717) is 10.6 Å². The summed E-state index contributed by atoms with van der Waals surface area (Å²) in [6.07, 6.45) is 0. The number of rotatable bonds is 4. The first-order chi connectivity index (χ1) is 10.5. The van der Waals surface area contributed by atoms with Crippen molar-refractivity contribution >= 4 is 23.5 Å². The predicted octanol–water partition coefficient (Wildman–Crippen LogP) is 3.11. The van der Waals surface area contributed by atoms with Crippen LogP contribution in [0.2, 0.25) is 5.02 Å². The van der Waals surface area contributed by atoms with Crippen molar-refractivity contribution in [2.75, 3.05) is 6.61 Å². The van der Waals surface area contributed by atoms with E-state index < -0.39 is 24.5 Å². The number of halogens is 1. The first kappa shape index (κ1) is 16.2. The van der Waals surface area contributed by atoms with Crippen LogP contribution in [0.5, 0.6) is 0 Å². The van der Waals surface area contributed by atoms with E-state index in [9.17, 15) is 14.7 Å². The molecule has 0 saturated carbocycles. The summed E-state index contributed by atoms with van der Waals surface area (Å²) >= 11 is 5.88. The molecule has 0 amide bonds. The quantitative estimate of drug-likeness (QED) is 0.695. The van der Waals surface area contributed by atoms with Gasteiger partial charge in [0, 0.05) is 5.02 Å². The Hall–Kier alpha value is -2.17. The van der Waals surface area contributed by atoms with Crippen LogP contribution in [0.1, 0.15) is 27.4 Å². The lowest BCUT2D eigenvalue weighted by molar-refractivity contribution is -0.140. The second-order valence-corrected chi connectivity index (χ2v) is 5.31. The standard InChI is InChI=1S/C17H15ClO4/c1-11-7-13(9-14(18)8-11)16(20)22-17(21)15(10-19)12-5-3-2-4-6-12/h2-9,15,19H,10H2,1H3. The molecular formula is C17H15ClO4. The highest BCUT2D eigenvalue weighted by Crippen LogP contribution is 2.19. The topological polar surface area (TPSA) is 63.6 Å². The van der Waals surface area contributed by atoms with Crippen molar-refractivity contribution in [1.82, 2.24) is 0 Å². The highest BCUT2D eigenvalue weighted by atomic mass is 35.5. The van der Waals surface area contributed by atoms with Gasteiger partial charge in [-0.2, -0.15) is 0 Å². The van der Waals surface area contributed by atoms with Crippen molar-refractivity contribution in [2.45, 2.75) is 12.8 Å². The third kappa shape index (κ3) is 3.93. The molecule has 1 unspecified atom stereocenters. The average Bonchev–Trinajstić information content (AvgIpc) is 2.48. The molecule has 0 aromatic heterocycles. The van der Waals surface area contributed by atoms with Crippen LogP contribution in [-0.4, -0.2) is 23.7 Å². The van der Waals surface area contributed by atoms with E-state index in [2.05, 4.69) is 0 Å². The number of aryl methyl sites for hydroxylation is 1. The molecule has 0 fully saturated rings. The van der Waals surface area contributed by atoms with E-state index in [1.807, 2.05) is 0 Å². The Morgan fingerprint density at radius 3 is 2.45 bits per heavy atom. The van der Waals surface area contributed by atoms with Crippen molar-refractivity contribution in [3.63, 3.8) is 0 Å². The Kier molecular flexibility index (Phi) is 5.31. The molecule has 4 nitrogen and oxygen atoms in total. The first-order valence-electron chi connectivity index (χ1n) is 6.70. The van der Waals surface area contributed by atoms with Gasteiger partial charge in [0.1, 0.15) is 5.92 Å². The van der Waals surface area contributed by atoms with E-state index in [0.717, 1.165) is 5.56 Å². The second-order valence-electron chi connectivity index (χ2n) is 4.87. The zero-order valence-corrected chi connectivity index (χ0v) is 12.7. The molecule has 0 spiro atoms. The third-order valence-corrected chi connectivity index (χ3v) is 3.36. The molecule has 2 rings (SSSR count). The number of carbonyl (C=O) groups excluding carboxylic acids is 2. The zero-order chi connectivity index (χ0) is 16.1. The molecule has 0 aliphatic heterocycles. The first-order valence-corrected chi connectivity index (χ1v) is 7.08. The largest absolute Gasteiger partial charge is 0.395 e. The Morgan fingerprint density at radius 1 is 1.18 bits per heavy atom. The average molecular weight is 319 g/mol. The number of esters is 2. The lowest BCUT2D eigenvalue weighted by Gasteiger charge is -2.13. The van der Waals surface area contributed by atoms with Crippen LogP contribution in [-0.2, 0) is 9.53 Å². The number of benzene rings is 2. The molecule has 0 heterocycles. The van der Waals surface area contributed by atoms with Crippen molar-refractivity contribution < 1.29 is 19.4 Å². The number of hydrogen-bond acceptors (Lipinski definition) is 4. The van der Waals surface area contributed by atoms with Gasteiger partial charge in [-0.15, -0.1) is 0 Å². The summed E-state index contributed by atoms with van der Waals surface area (Å²) < 4.78 is 4.86. The maximum Gasteiger partial charge on any atom is 0.345 e. The minimum Gasteiger partial charge on any atom is -0.395 e. The van der Waals surface area contributed by atoms with Gasteiger partial charge in [0.15, 0.2) is 0 Å².